The van der Waals surface area contributed by atoms with Crippen molar-refractivity contribution in [3.8, 4) is 11.3 Å². The van der Waals surface area contributed by atoms with Gasteiger partial charge in [0.05, 0.1) is 12.2 Å². The molecule has 0 amide bonds. The second-order valence-electron chi connectivity index (χ2n) is 4.13. The third-order valence-corrected chi connectivity index (χ3v) is 2.60. The van der Waals surface area contributed by atoms with Crippen LogP contribution in [0.4, 0.5) is 0 Å². The molecule has 3 N–H and O–H groups in total. The lowest BCUT2D eigenvalue weighted by atomic mass is 10.1. The number of carboxylic acid groups (broad SMARTS) is 1. The Balaban J connectivity index is 2.19. The zero-order valence-corrected chi connectivity index (χ0v) is 11.5. The highest BCUT2D eigenvalue weighted by molar-refractivity contribution is 5.94. The molecule has 118 valence electrons. The van der Waals surface area contributed by atoms with Crippen LogP contribution < -0.4 is 16.3 Å². The summed E-state index contributed by atoms with van der Waals surface area (Å²) in [6.07, 6.45) is 1.17. The number of hydrogen-bond donors (Lipinski definition) is 2. The number of carbonyl (C=O) groups is 1. The predicted molar refractivity (Wildman–Crippen MR) is 77.8 cm³/mol. The van der Waals surface area contributed by atoms with Gasteiger partial charge in [-0.15, -0.1) is 5.10 Å². The van der Waals surface area contributed by atoms with Crippen LogP contribution >= 0.6 is 0 Å². The summed E-state index contributed by atoms with van der Waals surface area (Å²) in [5.74, 6) is -1.27. The van der Waals surface area contributed by atoms with Crippen LogP contribution in [0.1, 0.15) is 16.1 Å². The molecule has 0 aliphatic heterocycles. The molecule has 0 saturated carbocycles. The van der Waals surface area contributed by atoms with E-state index < -0.39 is 17.0 Å². The van der Waals surface area contributed by atoms with Gasteiger partial charge in [-0.2, -0.15) is 5.10 Å². The topological polar surface area (TPSA) is 159 Å². The van der Waals surface area contributed by atoms with Gasteiger partial charge in [-0.05, 0) is 12.1 Å². The number of aromatic carboxylic acids is 1. The smallest absolute Gasteiger partial charge is 0.275 e. The molecule has 0 unspecified atom stereocenters. The summed E-state index contributed by atoms with van der Waals surface area (Å²) in [7, 11) is 0. The van der Waals surface area contributed by atoms with Crippen molar-refractivity contribution in [1.82, 2.24) is 5.43 Å². The van der Waals surface area contributed by atoms with Crippen LogP contribution in [0, 0.1) is 10.1 Å². The molecule has 0 fully saturated rings. The van der Waals surface area contributed by atoms with E-state index in [1.54, 1.807) is 29.7 Å². The molecular weight excluding hydrogens is 306 g/mol. The molecule has 1 aromatic carbocycles. The average molecular weight is 316 g/mol. The Bertz CT molecular complexity index is 796. The molecule has 0 spiro atoms. The fourth-order valence-corrected chi connectivity index (χ4v) is 1.71. The molecule has 23 heavy (non-hydrogen) atoms. The first-order valence-electron chi connectivity index (χ1n) is 6.15. The number of benzene rings is 1. The Morgan fingerprint density at radius 3 is 2.74 bits per heavy atom. The number of rotatable bonds is 5. The van der Waals surface area contributed by atoms with E-state index in [2.05, 4.69) is 10.2 Å². The van der Waals surface area contributed by atoms with Crippen molar-refractivity contribution in [3.63, 3.8) is 0 Å². The molecular formula is C13H10N5O5-. The Morgan fingerprint density at radius 1 is 1.30 bits per heavy atom. The van der Waals surface area contributed by atoms with Crippen molar-refractivity contribution in [1.29, 1.82) is 0 Å². The summed E-state index contributed by atoms with van der Waals surface area (Å²) in [5.41, 5.74) is 7.12. The first-order valence-corrected chi connectivity index (χ1v) is 6.15. The lowest BCUT2D eigenvalue weighted by molar-refractivity contribution is -0.525. The molecule has 0 aliphatic rings. The molecule has 1 heterocycles. The SMILES string of the molecule is NC(=N/N=C/c1ccc(-c2ccccc2C(=O)[O-])o1)N[N+](=O)[O-]. The number of nitro groups is 1. The van der Waals surface area contributed by atoms with E-state index in [9.17, 15) is 20.0 Å². The molecule has 0 atom stereocenters. The van der Waals surface area contributed by atoms with Crippen molar-refractivity contribution in [2.75, 3.05) is 0 Å². The van der Waals surface area contributed by atoms with Gasteiger partial charge in [0.25, 0.3) is 5.96 Å². The van der Waals surface area contributed by atoms with Crippen LogP contribution in [0.5, 0.6) is 0 Å². The van der Waals surface area contributed by atoms with E-state index in [0.29, 0.717) is 11.3 Å². The van der Waals surface area contributed by atoms with E-state index in [4.69, 9.17) is 10.2 Å². The van der Waals surface area contributed by atoms with Crippen molar-refractivity contribution in [2.45, 2.75) is 0 Å². The lowest BCUT2D eigenvalue weighted by Gasteiger charge is -2.07. The third-order valence-electron chi connectivity index (χ3n) is 2.60. The largest absolute Gasteiger partial charge is 0.545 e. The van der Waals surface area contributed by atoms with Crippen molar-refractivity contribution >= 4 is 18.1 Å². The summed E-state index contributed by atoms with van der Waals surface area (Å²) in [6.45, 7) is 0. The number of guanidine groups is 1. The second kappa shape index (κ2) is 6.85. The molecule has 2 rings (SSSR count). The molecule has 1 aromatic heterocycles. The summed E-state index contributed by atoms with van der Waals surface area (Å²) >= 11 is 0. The number of hydrogen-bond acceptors (Lipinski definition) is 7. The van der Waals surface area contributed by atoms with Gasteiger partial charge in [0.1, 0.15) is 11.5 Å². The maximum absolute atomic E-state index is 11.1. The minimum Gasteiger partial charge on any atom is -0.545 e. The maximum Gasteiger partial charge on any atom is 0.275 e. The first-order chi connectivity index (χ1) is 11.0. The summed E-state index contributed by atoms with van der Waals surface area (Å²) in [5, 5.41) is 27.1. The molecule has 0 radical (unpaired) electrons. The van der Waals surface area contributed by atoms with E-state index in [1.807, 2.05) is 0 Å². The standard InChI is InChI=1S/C13H11N5O5/c14-13(17-18(21)22)16-15-7-8-5-6-11(23-8)9-3-1-2-4-10(9)12(19)20/h1-7H,(H,19,20)(H3,14,16,17)/p-1/b15-7+. The van der Waals surface area contributed by atoms with Crippen molar-refractivity contribution in [3.05, 3.63) is 57.8 Å². The minimum atomic E-state index is -1.32. The van der Waals surface area contributed by atoms with Crippen LogP contribution in [-0.4, -0.2) is 23.2 Å². The molecule has 0 saturated heterocycles. The Labute approximate surface area is 129 Å². The van der Waals surface area contributed by atoms with E-state index >= 15 is 0 Å². The number of carboxylic acids is 1. The predicted octanol–water partition coefficient (Wildman–Crippen LogP) is -0.260. The van der Waals surface area contributed by atoms with E-state index in [1.165, 1.54) is 18.3 Å². The number of nitrogens with zero attached hydrogens (tertiary/aromatic N) is 3. The Morgan fingerprint density at radius 2 is 2.04 bits per heavy atom. The van der Waals surface area contributed by atoms with Gasteiger partial charge in [0.15, 0.2) is 5.03 Å². The van der Waals surface area contributed by atoms with E-state index in [-0.39, 0.29) is 11.3 Å². The fourth-order valence-electron chi connectivity index (χ4n) is 1.71. The third kappa shape index (κ3) is 4.14. The van der Waals surface area contributed by atoms with Gasteiger partial charge in [-0.1, -0.05) is 29.7 Å². The highest BCUT2D eigenvalue weighted by Gasteiger charge is 2.09. The van der Waals surface area contributed by atoms with Crippen molar-refractivity contribution < 1.29 is 19.4 Å². The van der Waals surface area contributed by atoms with Crippen LogP contribution in [0.15, 0.2) is 51.0 Å². The normalized spacial score (nSPS) is 11.6. The van der Waals surface area contributed by atoms with Gasteiger partial charge in [0, 0.05) is 11.1 Å². The summed E-state index contributed by atoms with van der Waals surface area (Å²) in [6, 6.07) is 9.27. The molecule has 0 bridgehead atoms. The number of nitrogens with one attached hydrogen (secondary N) is 1. The monoisotopic (exact) mass is 316 g/mol. The van der Waals surface area contributed by atoms with Gasteiger partial charge in [-0.25, -0.2) is 10.1 Å². The molecule has 10 heteroatoms. The van der Waals surface area contributed by atoms with Crippen molar-refractivity contribution in [2.24, 2.45) is 15.9 Å². The number of furan rings is 1. The van der Waals surface area contributed by atoms with Gasteiger partial charge >= 0.3 is 0 Å². The fraction of sp³-hybridized carbons (Fsp3) is 0. The lowest BCUT2D eigenvalue weighted by Crippen LogP contribution is -2.35. The van der Waals surface area contributed by atoms with Gasteiger partial charge in [0.2, 0.25) is 0 Å². The van der Waals surface area contributed by atoms with Crippen LogP contribution in [-0.2, 0) is 0 Å². The minimum absolute atomic E-state index is 0.0113. The quantitative estimate of drug-likeness (QED) is 0.332. The first kappa shape index (κ1) is 15.7. The number of carbonyl (C=O) groups excluding carboxylic acids is 1. The zero-order valence-electron chi connectivity index (χ0n) is 11.5. The van der Waals surface area contributed by atoms with E-state index in [0.717, 1.165) is 0 Å². The Hall–Kier alpha value is -3.69. The second-order valence-corrected chi connectivity index (χ2v) is 4.13. The molecule has 2 aromatic rings. The molecule has 10 nitrogen and oxygen atoms in total. The number of hydrazine groups is 1. The van der Waals surface area contributed by atoms with Gasteiger partial charge in [-0.3, -0.25) is 0 Å². The van der Waals surface area contributed by atoms with Gasteiger partial charge < -0.3 is 20.1 Å². The zero-order chi connectivity index (χ0) is 16.8. The Kier molecular flexibility index (Phi) is 4.67. The average Bonchev–Trinajstić information content (AvgIpc) is 2.95. The van der Waals surface area contributed by atoms with Crippen LogP contribution in [0.2, 0.25) is 0 Å². The highest BCUT2D eigenvalue weighted by atomic mass is 16.7. The van der Waals surface area contributed by atoms with Crippen LogP contribution in [0.3, 0.4) is 0 Å². The summed E-state index contributed by atoms with van der Waals surface area (Å²) < 4.78 is 5.42. The highest BCUT2D eigenvalue weighted by Crippen LogP contribution is 2.25. The maximum atomic E-state index is 11.1. The summed E-state index contributed by atoms with van der Waals surface area (Å²) in [4.78, 5) is 21.2. The van der Waals surface area contributed by atoms with Crippen LogP contribution in [0.25, 0.3) is 11.3 Å². The number of nitrogens with two attached hydrogens (primary N) is 1. The molecule has 0 aliphatic carbocycles.